The van der Waals surface area contributed by atoms with Crippen LogP contribution in [-0.4, -0.2) is 84.6 Å². The van der Waals surface area contributed by atoms with E-state index in [4.69, 9.17) is 9.47 Å². The third-order valence-corrected chi connectivity index (χ3v) is 7.95. The molecule has 220 valence electrons. The number of hydrogen-bond donors (Lipinski definition) is 7. The van der Waals surface area contributed by atoms with E-state index in [1.165, 1.54) is 48.5 Å². The zero-order chi connectivity index (χ0) is 30.3. The molecule has 11 heteroatoms. The highest BCUT2D eigenvalue weighted by molar-refractivity contribution is 6.16. The van der Waals surface area contributed by atoms with Gasteiger partial charge in [-0.2, -0.15) is 0 Å². The second-order valence-corrected chi connectivity index (χ2v) is 10.5. The Morgan fingerprint density at radius 3 is 2.31 bits per heavy atom. The van der Waals surface area contributed by atoms with Crippen LogP contribution in [0.3, 0.4) is 0 Å². The molecule has 3 aromatic carbocycles. The summed E-state index contributed by atoms with van der Waals surface area (Å²) < 4.78 is 11.4. The first-order chi connectivity index (χ1) is 20.0. The van der Waals surface area contributed by atoms with Crippen LogP contribution >= 0.6 is 0 Å². The fourth-order valence-electron chi connectivity index (χ4n) is 5.74. The number of ether oxygens (including phenoxy) is 2. The highest BCUT2D eigenvalue weighted by Gasteiger charge is 2.56. The van der Waals surface area contributed by atoms with Crippen molar-refractivity contribution in [1.29, 1.82) is 0 Å². The Hall–Kier alpha value is -4.26. The number of esters is 1. The molecule has 3 aromatic rings. The van der Waals surface area contributed by atoms with E-state index in [1.54, 1.807) is 19.1 Å². The summed E-state index contributed by atoms with van der Waals surface area (Å²) in [7, 11) is 0. The third-order valence-electron chi connectivity index (χ3n) is 7.95. The summed E-state index contributed by atoms with van der Waals surface area (Å²) >= 11 is 0. The minimum atomic E-state index is -1.77. The van der Waals surface area contributed by atoms with Gasteiger partial charge in [0.05, 0.1) is 17.7 Å². The largest absolute Gasteiger partial charge is 0.508 e. The molecule has 7 N–H and O–H groups in total. The number of rotatable bonds is 6. The van der Waals surface area contributed by atoms with Crippen LogP contribution < -0.4 is 0 Å². The lowest BCUT2D eigenvalue weighted by molar-refractivity contribution is -0.242. The highest BCUT2D eigenvalue weighted by atomic mass is 16.6. The molecule has 0 radical (unpaired) electrons. The van der Waals surface area contributed by atoms with E-state index in [0.29, 0.717) is 5.56 Å². The van der Waals surface area contributed by atoms with Gasteiger partial charge in [0.15, 0.2) is 0 Å². The van der Waals surface area contributed by atoms with Crippen LogP contribution in [0.15, 0.2) is 60.7 Å². The molecule has 1 aliphatic carbocycles. The number of aromatic hydroxyl groups is 3. The minimum Gasteiger partial charge on any atom is -0.508 e. The van der Waals surface area contributed by atoms with Crippen molar-refractivity contribution in [3.63, 3.8) is 0 Å². The van der Waals surface area contributed by atoms with E-state index >= 15 is 0 Å². The fraction of sp³-hybridized carbons (Fsp3) is 0.290. The molecule has 1 heterocycles. The zero-order valence-electron chi connectivity index (χ0n) is 22.4. The standard InChI is InChI=1S/C31H30O11/c1-31(18-3-2-4-20(34)24(18)27(38)25-19(31)11-16(13-32)12-21(25)35)30-29(40)28(39)26(37)22(42-30)14-41-23(36)10-7-15-5-8-17(33)9-6-15/h2-12,22,26,28-30,32-35,37,39-40H,13-14H2,1H3. The minimum absolute atomic E-state index is 0.0627. The van der Waals surface area contributed by atoms with Crippen molar-refractivity contribution in [2.45, 2.75) is 49.5 Å². The normalized spacial score (nSPS) is 27.0. The summed E-state index contributed by atoms with van der Waals surface area (Å²) in [6.45, 7) is 0.583. The Labute approximate surface area is 240 Å². The van der Waals surface area contributed by atoms with E-state index in [2.05, 4.69) is 0 Å². The molecule has 1 fully saturated rings. The first-order valence-corrected chi connectivity index (χ1v) is 13.1. The maximum Gasteiger partial charge on any atom is 0.330 e. The van der Waals surface area contributed by atoms with Gasteiger partial charge < -0.3 is 45.2 Å². The lowest BCUT2D eigenvalue weighted by Gasteiger charge is -2.50. The number of phenolic OH excluding ortho intramolecular Hbond substituents is 3. The summed E-state index contributed by atoms with van der Waals surface area (Å²) in [6.07, 6.45) is -5.31. The van der Waals surface area contributed by atoms with Gasteiger partial charge >= 0.3 is 5.97 Å². The number of hydrogen-bond acceptors (Lipinski definition) is 11. The van der Waals surface area contributed by atoms with Crippen molar-refractivity contribution >= 4 is 17.8 Å². The van der Waals surface area contributed by atoms with Crippen LogP contribution in [0.4, 0.5) is 0 Å². The maximum atomic E-state index is 13.5. The number of carbonyl (C=O) groups is 2. The van der Waals surface area contributed by atoms with Gasteiger partial charge in [-0.25, -0.2) is 4.79 Å². The number of ketones is 1. The number of fused-ring (bicyclic) bond motifs is 2. The highest BCUT2D eigenvalue weighted by Crippen LogP contribution is 2.51. The molecule has 0 saturated carbocycles. The Kier molecular flexibility index (Phi) is 7.80. The quantitative estimate of drug-likeness (QED) is 0.164. The molecule has 2 aliphatic rings. The number of aliphatic hydroxyl groups excluding tert-OH is 4. The van der Waals surface area contributed by atoms with Crippen LogP contribution in [0.25, 0.3) is 6.08 Å². The smallest absolute Gasteiger partial charge is 0.330 e. The first kappa shape index (κ1) is 29.2. The van der Waals surface area contributed by atoms with Crippen LogP contribution in [0.2, 0.25) is 0 Å². The van der Waals surface area contributed by atoms with Crippen molar-refractivity contribution in [3.05, 3.63) is 94.1 Å². The molecular weight excluding hydrogens is 548 g/mol. The Morgan fingerprint density at radius 1 is 0.929 bits per heavy atom. The lowest BCUT2D eigenvalue weighted by Crippen LogP contribution is -2.64. The van der Waals surface area contributed by atoms with Crippen molar-refractivity contribution in [2.24, 2.45) is 0 Å². The van der Waals surface area contributed by atoms with Crippen molar-refractivity contribution in [1.82, 2.24) is 0 Å². The molecule has 11 nitrogen and oxygen atoms in total. The van der Waals surface area contributed by atoms with Gasteiger partial charge in [0.25, 0.3) is 0 Å². The predicted molar refractivity (Wildman–Crippen MR) is 147 cm³/mol. The second-order valence-electron chi connectivity index (χ2n) is 10.5. The average molecular weight is 579 g/mol. The van der Waals surface area contributed by atoms with Gasteiger partial charge in [-0.15, -0.1) is 0 Å². The monoisotopic (exact) mass is 578 g/mol. The lowest BCUT2D eigenvalue weighted by atomic mass is 9.61. The summed E-state index contributed by atoms with van der Waals surface area (Å²) in [5.41, 5.74) is -0.596. The van der Waals surface area contributed by atoms with Crippen LogP contribution in [-0.2, 0) is 26.3 Å². The molecule has 5 rings (SSSR count). The molecule has 0 aromatic heterocycles. The zero-order valence-corrected chi connectivity index (χ0v) is 22.4. The summed E-state index contributed by atoms with van der Waals surface area (Å²) in [4.78, 5) is 25.9. The average Bonchev–Trinajstić information content (AvgIpc) is 2.97. The van der Waals surface area contributed by atoms with Gasteiger partial charge in [0.2, 0.25) is 5.78 Å². The van der Waals surface area contributed by atoms with Crippen molar-refractivity contribution in [3.8, 4) is 17.2 Å². The SMILES string of the molecule is CC1(C2OC(COC(=O)C=Cc3ccc(O)cc3)C(O)C(O)C2O)c2cccc(O)c2C(=O)c2c(O)cc(CO)cc21. The third kappa shape index (κ3) is 4.91. The number of benzene rings is 3. The van der Waals surface area contributed by atoms with Gasteiger partial charge in [-0.1, -0.05) is 30.3 Å². The summed E-state index contributed by atoms with van der Waals surface area (Å²) in [6, 6.07) is 13.1. The summed E-state index contributed by atoms with van der Waals surface area (Å²) in [5.74, 6) is -2.25. The number of phenols is 3. The second kappa shape index (κ2) is 11.2. The predicted octanol–water partition coefficient (Wildman–Crippen LogP) is 1.25. The molecule has 0 amide bonds. The van der Waals surface area contributed by atoms with E-state index < -0.39 is 66.7 Å². The molecule has 1 aliphatic heterocycles. The summed E-state index contributed by atoms with van der Waals surface area (Å²) in [5, 5.41) is 73.5. The Morgan fingerprint density at radius 2 is 1.62 bits per heavy atom. The molecular formula is C31H30O11. The van der Waals surface area contributed by atoms with Crippen molar-refractivity contribution < 1.29 is 54.8 Å². The molecule has 6 unspecified atom stereocenters. The fourth-order valence-corrected chi connectivity index (χ4v) is 5.74. The van der Waals surface area contributed by atoms with Crippen molar-refractivity contribution in [2.75, 3.05) is 6.61 Å². The number of aliphatic hydroxyl groups is 4. The first-order valence-electron chi connectivity index (χ1n) is 13.1. The molecule has 1 saturated heterocycles. The van der Waals surface area contributed by atoms with Gasteiger partial charge in [-0.3, -0.25) is 4.79 Å². The van der Waals surface area contributed by atoms with Crippen LogP contribution in [0.1, 0.15) is 45.1 Å². The topological polar surface area (TPSA) is 194 Å². The number of carbonyl (C=O) groups excluding carboxylic acids is 2. The Bertz CT molecular complexity index is 1550. The molecule has 0 bridgehead atoms. The molecule has 42 heavy (non-hydrogen) atoms. The maximum absolute atomic E-state index is 13.5. The van der Waals surface area contributed by atoms with Crippen LogP contribution in [0, 0.1) is 0 Å². The van der Waals surface area contributed by atoms with Crippen LogP contribution in [0.5, 0.6) is 17.2 Å². The van der Waals surface area contributed by atoms with E-state index in [0.717, 1.165) is 6.08 Å². The molecule has 0 spiro atoms. The van der Waals surface area contributed by atoms with Gasteiger partial charge in [0.1, 0.15) is 54.4 Å². The van der Waals surface area contributed by atoms with E-state index in [1.807, 2.05) is 0 Å². The van der Waals surface area contributed by atoms with E-state index in [-0.39, 0.29) is 39.3 Å². The molecule has 6 atom stereocenters. The Balaban J connectivity index is 1.50. The van der Waals surface area contributed by atoms with E-state index in [9.17, 15) is 45.3 Å². The van der Waals surface area contributed by atoms with Gasteiger partial charge in [-0.05, 0) is 59.5 Å². The van der Waals surface area contributed by atoms with Gasteiger partial charge in [0, 0.05) is 11.5 Å².